The van der Waals surface area contributed by atoms with E-state index in [0.717, 1.165) is 53.3 Å². The zero-order valence-electron chi connectivity index (χ0n) is 37.4. The van der Waals surface area contributed by atoms with Gasteiger partial charge in [0.25, 0.3) is 0 Å². The van der Waals surface area contributed by atoms with Gasteiger partial charge in [0.15, 0.2) is 11.7 Å². The van der Waals surface area contributed by atoms with Crippen molar-refractivity contribution in [3.05, 3.63) is 71.1 Å². The Labute approximate surface area is 384 Å². The number of aliphatic imine (C=N–C) groups is 1. The fourth-order valence-corrected chi connectivity index (χ4v) is 10.4. The molecule has 2 saturated heterocycles. The number of benzene rings is 2. The molecule has 0 unspecified atom stereocenters. The summed E-state index contributed by atoms with van der Waals surface area (Å²) in [5, 5.41) is 17.6. The van der Waals surface area contributed by atoms with Crippen LogP contribution in [-0.4, -0.2) is 102 Å². The Morgan fingerprint density at radius 2 is 1.60 bits per heavy atom. The first-order valence-corrected chi connectivity index (χ1v) is 24.1. The Kier molecular flexibility index (Phi) is 17.9. The van der Waals surface area contributed by atoms with Gasteiger partial charge in [-0.15, -0.1) is 11.3 Å². The molecular formula is C48H65N9O7S. The average molecular weight is 912 g/mol. The van der Waals surface area contributed by atoms with Gasteiger partial charge in [0.2, 0.25) is 35.4 Å². The molecule has 3 aromatic rings. The second-order valence-corrected chi connectivity index (χ2v) is 18.7. The first-order chi connectivity index (χ1) is 31.4. The number of amides is 6. The highest BCUT2D eigenvalue weighted by molar-refractivity contribution is 7.17. The first-order valence-electron chi connectivity index (χ1n) is 23.2. The van der Waals surface area contributed by atoms with Crippen LogP contribution in [0.4, 0.5) is 0 Å². The summed E-state index contributed by atoms with van der Waals surface area (Å²) in [6.45, 7) is 1.93. The van der Waals surface area contributed by atoms with Crippen molar-refractivity contribution >= 4 is 68.6 Å². The van der Waals surface area contributed by atoms with Crippen molar-refractivity contribution in [1.29, 1.82) is 0 Å². The maximum atomic E-state index is 14.6. The molecular weight excluding hydrogens is 847 g/mol. The van der Waals surface area contributed by atoms with Crippen molar-refractivity contribution in [3.8, 4) is 0 Å². The highest BCUT2D eigenvalue weighted by atomic mass is 32.1. The lowest BCUT2D eigenvalue weighted by Gasteiger charge is -2.32. The van der Waals surface area contributed by atoms with Crippen molar-refractivity contribution in [2.24, 2.45) is 28.3 Å². The summed E-state index contributed by atoms with van der Waals surface area (Å²) in [7, 11) is 0. The number of ketones is 1. The van der Waals surface area contributed by atoms with Crippen molar-refractivity contribution < 1.29 is 33.6 Å². The van der Waals surface area contributed by atoms with E-state index >= 15 is 0 Å². The number of fused-ring (bicyclic) bond motifs is 2. The number of guanidine groups is 1. The lowest BCUT2D eigenvalue weighted by Crippen LogP contribution is -2.59. The summed E-state index contributed by atoms with van der Waals surface area (Å²) in [5.41, 5.74) is 12.8. The maximum Gasteiger partial charge on any atom is 0.245 e. The van der Waals surface area contributed by atoms with Crippen LogP contribution in [0.3, 0.4) is 0 Å². The monoisotopic (exact) mass is 911 g/mol. The molecule has 1 aliphatic carbocycles. The van der Waals surface area contributed by atoms with E-state index in [9.17, 15) is 33.6 Å². The minimum atomic E-state index is -1.11. The number of nitrogens with one attached hydrogen (secondary N) is 5. The van der Waals surface area contributed by atoms with E-state index in [4.69, 9.17) is 11.5 Å². The Bertz CT molecular complexity index is 2170. The topological polar surface area (TPSA) is 247 Å². The molecule has 2 aliphatic heterocycles. The van der Waals surface area contributed by atoms with Gasteiger partial charge in [0.05, 0.1) is 6.04 Å². The van der Waals surface area contributed by atoms with E-state index in [-0.39, 0.29) is 81.7 Å². The fourth-order valence-electron chi connectivity index (χ4n) is 9.44. The predicted molar refractivity (Wildman–Crippen MR) is 250 cm³/mol. The second kappa shape index (κ2) is 23.9. The van der Waals surface area contributed by atoms with E-state index < -0.39 is 65.7 Å². The van der Waals surface area contributed by atoms with E-state index in [0.29, 0.717) is 25.7 Å². The van der Waals surface area contributed by atoms with Gasteiger partial charge in [-0.25, -0.2) is 0 Å². The lowest BCUT2D eigenvalue weighted by atomic mass is 9.84. The molecule has 6 amide bonds. The molecule has 2 aromatic carbocycles. The normalized spacial score (nSPS) is 23.6. The lowest BCUT2D eigenvalue weighted by molar-refractivity contribution is -0.142. The molecule has 3 fully saturated rings. The second-order valence-electron chi connectivity index (χ2n) is 17.8. The number of carbonyl (C=O) groups is 7. The summed E-state index contributed by atoms with van der Waals surface area (Å²) < 4.78 is 1.04. The molecule has 6 atom stereocenters. The molecule has 3 aliphatic rings. The summed E-state index contributed by atoms with van der Waals surface area (Å²) in [5.74, 6) is -3.84. The minimum absolute atomic E-state index is 0.0872. The van der Waals surface area contributed by atoms with Crippen LogP contribution in [0, 0.1) is 11.8 Å². The molecule has 0 radical (unpaired) electrons. The number of hydrogen-bond acceptors (Lipinski definition) is 9. The summed E-state index contributed by atoms with van der Waals surface area (Å²) in [6, 6.07) is 12.0. The van der Waals surface area contributed by atoms with Crippen LogP contribution in [-0.2, 0) is 46.4 Å². The van der Waals surface area contributed by atoms with Gasteiger partial charge < -0.3 is 43.0 Å². The van der Waals surface area contributed by atoms with Crippen LogP contribution >= 0.6 is 11.3 Å². The third kappa shape index (κ3) is 14.1. The third-order valence-corrected chi connectivity index (χ3v) is 13.9. The number of nitrogens with zero attached hydrogens (tertiary/aromatic N) is 2. The van der Waals surface area contributed by atoms with Gasteiger partial charge in [0, 0.05) is 56.4 Å². The standard InChI is InChI=1S/C48H65N9O7S/c1-30(58)53-38(25-31-13-4-2-5-14-31)44(61)54-36-19-11-22-51-43(60)33(17-10-23-52-48(49)50)28-41(59)37(27-34-29-65-42-21-9-8-18-35(34)42)55-45(62)39(26-32-15-6-3-7-16-32)56-46(63)40-20-12-24-57(40)47(36)64/h2,4-5,8-9,13-14,18,21,29,32-33,36-40H,3,6-7,10-12,15-17,19-20,22-28H2,1H3,(H,51,60)(H,53,58)(H,54,61)(H,55,62)(H,56,63)(H4,49,50,52)/t33-,36+,37+,38+,39-,40+/m1/s1. The molecule has 0 bridgehead atoms. The van der Waals surface area contributed by atoms with Gasteiger partial charge in [-0.05, 0) is 78.8 Å². The highest BCUT2D eigenvalue weighted by Crippen LogP contribution is 2.30. The number of nitrogens with two attached hydrogens (primary N) is 2. The smallest absolute Gasteiger partial charge is 0.245 e. The van der Waals surface area contributed by atoms with E-state index in [1.54, 1.807) is 11.3 Å². The van der Waals surface area contributed by atoms with Crippen molar-refractivity contribution in [3.63, 3.8) is 0 Å². The Morgan fingerprint density at radius 1 is 0.862 bits per heavy atom. The molecule has 9 N–H and O–H groups in total. The van der Waals surface area contributed by atoms with Crippen LogP contribution < -0.4 is 38.1 Å². The first kappa shape index (κ1) is 48.6. The average Bonchev–Trinajstić information content (AvgIpc) is 3.95. The Morgan fingerprint density at radius 3 is 2.35 bits per heavy atom. The van der Waals surface area contributed by atoms with Gasteiger partial charge in [-0.3, -0.25) is 38.6 Å². The number of Topliss-reactive ketones (excluding diaryl/α,β-unsaturated/α-hetero) is 1. The van der Waals surface area contributed by atoms with Crippen molar-refractivity contribution in [1.82, 2.24) is 31.5 Å². The Hall–Kier alpha value is -5.84. The molecule has 350 valence electrons. The van der Waals surface area contributed by atoms with Crippen molar-refractivity contribution in [2.75, 3.05) is 19.6 Å². The highest BCUT2D eigenvalue weighted by Gasteiger charge is 2.40. The van der Waals surface area contributed by atoms with Gasteiger partial charge >= 0.3 is 0 Å². The SMILES string of the molecule is CC(=O)N[C@@H](Cc1ccccc1)C(=O)N[C@H]1CCCNC(=O)[C@H](CCCN=C(N)N)CC(=O)[C@H](Cc2csc3ccccc23)NC(=O)[C@@H](CC2CCCCC2)NC(=O)[C@@H]2CCCN2C1=O. The number of carbonyl (C=O) groups excluding carboxylic acids is 7. The van der Waals surface area contributed by atoms with E-state index in [2.05, 4.69) is 31.6 Å². The van der Waals surface area contributed by atoms with Crippen LogP contribution in [0.5, 0.6) is 0 Å². The third-order valence-electron chi connectivity index (χ3n) is 12.8. The molecule has 1 saturated carbocycles. The quantitative estimate of drug-likeness (QED) is 0.0756. The van der Waals surface area contributed by atoms with Crippen molar-refractivity contribution in [2.45, 2.75) is 133 Å². The summed E-state index contributed by atoms with van der Waals surface area (Å²) >= 11 is 1.55. The number of hydrogen-bond donors (Lipinski definition) is 7. The van der Waals surface area contributed by atoms with Crippen LogP contribution in [0.15, 0.2) is 65.0 Å². The molecule has 1 aromatic heterocycles. The largest absolute Gasteiger partial charge is 0.370 e. The molecule has 3 heterocycles. The molecule has 17 heteroatoms. The predicted octanol–water partition coefficient (Wildman–Crippen LogP) is 3.15. The molecule has 6 rings (SSSR count). The molecule has 16 nitrogen and oxygen atoms in total. The fraction of sp³-hybridized carbons (Fsp3) is 0.542. The molecule has 0 spiro atoms. The van der Waals surface area contributed by atoms with E-state index in [1.165, 1.54) is 11.8 Å². The van der Waals surface area contributed by atoms with Gasteiger partial charge in [0.1, 0.15) is 24.2 Å². The zero-order chi connectivity index (χ0) is 46.3. The van der Waals surface area contributed by atoms with Gasteiger partial charge in [-0.2, -0.15) is 0 Å². The number of thiophene rings is 1. The summed E-state index contributed by atoms with van der Waals surface area (Å²) in [4.78, 5) is 104. The summed E-state index contributed by atoms with van der Waals surface area (Å²) in [6.07, 6.45) is 7.39. The Balaban J connectivity index is 1.31. The maximum absolute atomic E-state index is 14.6. The van der Waals surface area contributed by atoms with Crippen LogP contribution in [0.1, 0.15) is 102 Å². The van der Waals surface area contributed by atoms with Gasteiger partial charge in [-0.1, -0.05) is 80.6 Å². The number of rotatable bonds is 13. The minimum Gasteiger partial charge on any atom is -0.370 e. The van der Waals surface area contributed by atoms with Crippen LogP contribution in [0.2, 0.25) is 0 Å². The van der Waals surface area contributed by atoms with Crippen LogP contribution in [0.25, 0.3) is 10.1 Å². The molecule has 65 heavy (non-hydrogen) atoms. The van der Waals surface area contributed by atoms with E-state index in [1.807, 2.05) is 60.0 Å². The zero-order valence-corrected chi connectivity index (χ0v) is 38.2.